The molecule has 1 saturated carbocycles. The first-order valence-electron chi connectivity index (χ1n) is 6.82. The van der Waals surface area contributed by atoms with Gasteiger partial charge in [0.25, 0.3) is 0 Å². The Kier molecular flexibility index (Phi) is 5.77. The Bertz CT molecular complexity index is 185. The zero-order valence-corrected chi connectivity index (χ0v) is 11.5. The smallest absolute Gasteiger partial charge is 0.0615 e. The Balaban J connectivity index is 2.38. The lowest BCUT2D eigenvalue weighted by atomic mass is 9.75. The van der Waals surface area contributed by atoms with Crippen molar-refractivity contribution in [2.45, 2.75) is 71.4 Å². The second-order valence-electron chi connectivity index (χ2n) is 6.07. The molecule has 0 aromatic carbocycles. The Labute approximate surface area is 101 Å². The van der Waals surface area contributed by atoms with E-state index in [1.807, 2.05) is 0 Å². The summed E-state index contributed by atoms with van der Waals surface area (Å²) in [6.07, 6.45) is 7.87. The number of methoxy groups -OCH3 is 1. The number of rotatable bonds is 6. The van der Waals surface area contributed by atoms with Gasteiger partial charge in [-0.15, -0.1) is 0 Å². The van der Waals surface area contributed by atoms with Crippen LogP contribution >= 0.6 is 0 Å². The van der Waals surface area contributed by atoms with Crippen molar-refractivity contribution in [3.05, 3.63) is 0 Å². The molecule has 2 atom stereocenters. The van der Waals surface area contributed by atoms with Gasteiger partial charge in [0, 0.05) is 19.2 Å². The first kappa shape index (κ1) is 14.0. The van der Waals surface area contributed by atoms with E-state index in [1.165, 1.54) is 38.5 Å². The SMILES string of the molecule is CCCC(COC)NC1CCCC(C)(C)C1. The third-order valence-electron chi connectivity index (χ3n) is 3.68. The highest BCUT2D eigenvalue weighted by Gasteiger charge is 2.28. The van der Waals surface area contributed by atoms with E-state index in [2.05, 4.69) is 26.1 Å². The molecule has 0 spiro atoms. The van der Waals surface area contributed by atoms with Gasteiger partial charge in [-0.05, 0) is 31.1 Å². The maximum Gasteiger partial charge on any atom is 0.0615 e. The van der Waals surface area contributed by atoms with E-state index in [0.717, 1.165) is 6.61 Å². The second kappa shape index (κ2) is 6.61. The molecule has 0 heterocycles. The van der Waals surface area contributed by atoms with Crippen LogP contribution in [0.5, 0.6) is 0 Å². The van der Waals surface area contributed by atoms with Gasteiger partial charge < -0.3 is 10.1 Å². The normalized spacial score (nSPS) is 26.6. The molecule has 2 unspecified atom stereocenters. The van der Waals surface area contributed by atoms with Crippen LogP contribution in [0.2, 0.25) is 0 Å². The van der Waals surface area contributed by atoms with Crippen molar-refractivity contribution < 1.29 is 4.74 Å². The highest BCUT2D eigenvalue weighted by Crippen LogP contribution is 2.35. The van der Waals surface area contributed by atoms with Crippen molar-refractivity contribution in [1.82, 2.24) is 5.32 Å². The Morgan fingerprint density at radius 3 is 2.75 bits per heavy atom. The third kappa shape index (κ3) is 4.84. The fourth-order valence-corrected chi connectivity index (χ4v) is 2.94. The van der Waals surface area contributed by atoms with Crippen LogP contribution in [0.3, 0.4) is 0 Å². The third-order valence-corrected chi connectivity index (χ3v) is 3.68. The summed E-state index contributed by atoms with van der Waals surface area (Å²) in [6.45, 7) is 7.89. The van der Waals surface area contributed by atoms with Crippen molar-refractivity contribution in [1.29, 1.82) is 0 Å². The molecule has 1 aliphatic carbocycles. The quantitative estimate of drug-likeness (QED) is 0.751. The predicted molar refractivity (Wildman–Crippen MR) is 69.7 cm³/mol. The molecule has 1 fully saturated rings. The first-order chi connectivity index (χ1) is 7.57. The molecular formula is C14H29NO. The second-order valence-corrected chi connectivity index (χ2v) is 6.07. The summed E-state index contributed by atoms with van der Waals surface area (Å²) in [4.78, 5) is 0. The van der Waals surface area contributed by atoms with Crippen molar-refractivity contribution in [3.63, 3.8) is 0 Å². The van der Waals surface area contributed by atoms with Crippen molar-refractivity contribution in [3.8, 4) is 0 Å². The molecule has 1 rings (SSSR count). The fourth-order valence-electron chi connectivity index (χ4n) is 2.94. The van der Waals surface area contributed by atoms with Gasteiger partial charge in [-0.2, -0.15) is 0 Å². The molecule has 0 radical (unpaired) electrons. The zero-order valence-electron chi connectivity index (χ0n) is 11.5. The van der Waals surface area contributed by atoms with Gasteiger partial charge in [-0.25, -0.2) is 0 Å². The van der Waals surface area contributed by atoms with Crippen molar-refractivity contribution in [2.24, 2.45) is 5.41 Å². The van der Waals surface area contributed by atoms with Crippen molar-refractivity contribution >= 4 is 0 Å². The summed E-state index contributed by atoms with van der Waals surface area (Å²) >= 11 is 0. The van der Waals surface area contributed by atoms with Crippen LogP contribution in [-0.2, 0) is 4.74 Å². The predicted octanol–water partition coefficient (Wildman–Crippen LogP) is 3.36. The molecule has 0 saturated heterocycles. The fraction of sp³-hybridized carbons (Fsp3) is 1.00. The summed E-state index contributed by atoms with van der Waals surface area (Å²) in [5.74, 6) is 0. The summed E-state index contributed by atoms with van der Waals surface area (Å²) in [7, 11) is 1.80. The van der Waals surface area contributed by atoms with Crippen LogP contribution in [0.1, 0.15) is 59.3 Å². The van der Waals surface area contributed by atoms with Crippen LogP contribution in [0.4, 0.5) is 0 Å². The van der Waals surface area contributed by atoms with Gasteiger partial charge in [-0.3, -0.25) is 0 Å². The van der Waals surface area contributed by atoms with E-state index in [9.17, 15) is 0 Å². The van der Waals surface area contributed by atoms with Gasteiger partial charge in [0.05, 0.1) is 6.61 Å². The molecule has 0 amide bonds. The number of hydrogen-bond donors (Lipinski definition) is 1. The Morgan fingerprint density at radius 1 is 1.44 bits per heavy atom. The zero-order chi connectivity index (χ0) is 12.0. The van der Waals surface area contributed by atoms with Crippen LogP contribution in [0.15, 0.2) is 0 Å². The van der Waals surface area contributed by atoms with E-state index < -0.39 is 0 Å². The van der Waals surface area contributed by atoms with E-state index in [1.54, 1.807) is 7.11 Å². The lowest BCUT2D eigenvalue weighted by molar-refractivity contribution is 0.133. The molecule has 16 heavy (non-hydrogen) atoms. The van der Waals surface area contributed by atoms with Gasteiger partial charge in [0.2, 0.25) is 0 Å². The molecule has 1 aliphatic rings. The lowest BCUT2D eigenvalue weighted by Gasteiger charge is -2.37. The monoisotopic (exact) mass is 227 g/mol. The molecule has 0 bridgehead atoms. The van der Waals surface area contributed by atoms with Crippen LogP contribution < -0.4 is 5.32 Å². The topological polar surface area (TPSA) is 21.3 Å². The minimum absolute atomic E-state index is 0.528. The standard InChI is InChI=1S/C14H29NO/c1-5-7-13(11-16-4)15-12-8-6-9-14(2,3)10-12/h12-13,15H,5-11H2,1-4H3. The minimum Gasteiger partial charge on any atom is -0.383 e. The first-order valence-corrected chi connectivity index (χ1v) is 6.82. The molecule has 2 nitrogen and oxygen atoms in total. The average Bonchev–Trinajstić information content (AvgIpc) is 2.16. The Hall–Kier alpha value is -0.0800. The van der Waals surface area contributed by atoms with Crippen LogP contribution in [0.25, 0.3) is 0 Å². The summed E-state index contributed by atoms with van der Waals surface area (Å²) in [5, 5.41) is 3.79. The van der Waals surface area contributed by atoms with Gasteiger partial charge in [-0.1, -0.05) is 33.6 Å². The molecule has 1 N–H and O–H groups in total. The molecule has 0 aromatic heterocycles. The molecule has 0 aromatic rings. The summed E-state index contributed by atoms with van der Waals surface area (Å²) < 4.78 is 5.29. The van der Waals surface area contributed by atoms with E-state index in [-0.39, 0.29) is 0 Å². The lowest BCUT2D eigenvalue weighted by Crippen LogP contribution is -2.44. The van der Waals surface area contributed by atoms with Crippen LogP contribution in [0, 0.1) is 5.41 Å². The highest BCUT2D eigenvalue weighted by atomic mass is 16.5. The molecular weight excluding hydrogens is 198 g/mol. The van der Waals surface area contributed by atoms with Gasteiger partial charge in [0.15, 0.2) is 0 Å². The number of nitrogens with one attached hydrogen (secondary N) is 1. The maximum absolute atomic E-state index is 5.29. The van der Waals surface area contributed by atoms with E-state index in [0.29, 0.717) is 17.5 Å². The molecule has 0 aliphatic heterocycles. The number of hydrogen-bond acceptors (Lipinski definition) is 2. The van der Waals surface area contributed by atoms with Crippen LogP contribution in [-0.4, -0.2) is 25.8 Å². The highest BCUT2D eigenvalue weighted by molar-refractivity contribution is 4.85. The van der Waals surface area contributed by atoms with E-state index >= 15 is 0 Å². The van der Waals surface area contributed by atoms with Gasteiger partial charge >= 0.3 is 0 Å². The molecule has 2 heteroatoms. The summed E-state index contributed by atoms with van der Waals surface area (Å²) in [5.41, 5.74) is 0.528. The number of ether oxygens (including phenoxy) is 1. The largest absolute Gasteiger partial charge is 0.383 e. The maximum atomic E-state index is 5.29. The summed E-state index contributed by atoms with van der Waals surface area (Å²) in [6, 6.07) is 1.25. The van der Waals surface area contributed by atoms with Gasteiger partial charge in [0.1, 0.15) is 0 Å². The minimum atomic E-state index is 0.528. The van der Waals surface area contributed by atoms with E-state index in [4.69, 9.17) is 4.74 Å². The van der Waals surface area contributed by atoms with Crippen molar-refractivity contribution in [2.75, 3.05) is 13.7 Å². The average molecular weight is 227 g/mol. The molecule has 96 valence electrons. The Morgan fingerprint density at radius 2 is 2.19 bits per heavy atom.